The Labute approximate surface area is 55.4 Å². The van der Waals surface area contributed by atoms with Crippen molar-refractivity contribution in [3.8, 4) is 0 Å². The van der Waals surface area contributed by atoms with Crippen molar-refractivity contribution in [2.24, 2.45) is 0 Å². The third-order valence-corrected chi connectivity index (χ3v) is 1.94. The maximum Gasteiger partial charge on any atom is 0.0348 e. The Hall–Kier alpha value is 0.250. The van der Waals surface area contributed by atoms with Crippen molar-refractivity contribution in [3.63, 3.8) is 0 Å². The zero-order chi connectivity index (χ0) is 5.82. The maximum absolute atomic E-state index is 5.88. The van der Waals surface area contributed by atoms with Crippen LogP contribution in [0.25, 0.3) is 0 Å². The molecule has 8 heavy (non-hydrogen) atoms. The van der Waals surface area contributed by atoms with Gasteiger partial charge in [-0.15, -0.1) is 11.6 Å². The smallest absolute Gasteiger partial charge is 0.0348 e. The normalized spacial score (nSPS) is 31.9. The van der Waals surface area contributed by atoms with Crippen molar-refractivity contribution >= 4 is 11.6 Å². The van der Waals surface area contributed by atoms with Crippen molar-refractivity contribution in [2.45, 2.75) is 24.6 Å². The first-order valence-corrected chi connectivity index (χ1v) is 3.68. The first-order valence-electron chi connectivity index (χ1n) is 3.24. The lowest BCUT2D eigenvalue weighted by Gasteiger charge is -1.99. The van der Waals surface area contributed by atoms with Crippen molar-refractivity contribution in [2.75, 3.05) is 13.1 Å². The fourth-order valence-corrected chi connectivity index (χ4v) is 1.24. The molecule has 1 aliphatic heterocycles. The predicted molar refractivity (Wildman–Crippen MR) is 36.4 cm³/mol. The Bertz CT molecular complexity index is 57.5. The zero-order valence-corrected chi connectivity index (χ0v) is 5.75. The standard InChI is InChI=1S/C6H12ClN/c7-6-2-1-4-8-5-3-6/h6,8H,1-5H2. The van der Waals surface area contributed by atoms with Gasteiger partial charge >= 0.3 is 0 Å². The van der Waals surface area contributed by atoms with Crippen LogP contribution < -0.4 is 5.32 Å². The largest absolute Gasteiger partial charge is 0.317 e. The Morgan fingerprint density at radius 1 is 1.25 bits per heavy atom. The summed E-state index contributed by atoms with van der Waals surface area (Å²) in [7, 11) is 0. The van der Waals surface area contributed by atoms with Crippen molar-refractivity contribution < 1.29 is 0 Å². The van der Waals surface area contributed by atoms with E-state index in [-0.39, 0.29) is 0 Å². The fourth-order valence-electron chi connectivity index (χ4n) is 0.977. The summed E-state index contributed by atoms with van der Waals surface area (Å²) >= 11 is 5.88. The first kappa shape index (κ1) is 6.37. The molecule has 0 aliphatic carbocycles. The number of nitrogens with one attached hydrogen (secondary N) is 1. The molecule has 1 aliphatic rings. The Morgan fingerprint density at radius 3 is 3.00 bits per heavy atom. The summed E-state index contributed by atoms with van der Waals surface area (Å²) in [5.41, 5.74) is 0. The summed E-state index contributed by atoms with van der Waals surface area (Å²) in [5, 5.41) is 3.73. The molecule has 1 N–H and O–H groups in total. The average molecular weight is 134 g/mol. The minimum absolute atomic E-state index is 0.435. The summed E-state index contributed by atoms with van der Waals surface area (Å²) in [5.74, 6) is 0. The lowest BCUT2D eigenvalue weighted by atomic mass is 10.2. The topological polar surface area (TPSA) is 12.0 Å². The van der Waals surface area contributed by atoms with Crippen LogP contribution in [0.3, 0.4) is 0 Å². The third-order valence-electron chi connectivity index (χ3n) is 1.51. The Morgan fingerprint density at radius 2 is 2.12 bits per heavy atom. The van der Waals surface area contributed by atoms with Gasteiger partial charge in [-0.25, -0.2) is 0 Å². The molecule has 0 aromatic rings. The van der Waals surface area contributed by atoms with Gasteiger partial charge in [0.05, 0.1) is 0 Å². The van der Waals surface area contributed by atoms with E-state index in [2.05, 4.69) is 5.32 Å². The lowest BCUT2D eigenvalue weighted by Crippen LogP contribution is -2.13. The molecular weight excluding hydrogens is 122 g/mol. The van der Waals surface area contributed by atoms with E-state index in [1.807, 2.05) is 0 Å². The van der Waals surface area contributed by atoms with Crippen molar-refractivity contribution in [1.82, 2.24) is 5.32 Å². The van der Waals surface area contributed by atoms with Gasteiger partial charge in [-0.1, -0.05) is 0 Å². The minimum atomic E-state index is 0.435. The number of hydrogen-bond acceptors (Lipinski definition) is 1. The van der Waals surface area contributed by atoms with Gasteiger partial charge in [0, 0.05) is 5.38 Å². The summed E-state index contributed by atoms with van der Waals surface area (Å²) < 4.78 is 0. The summed E-state index contributed by atoms with van der Waals surface area (Å²) in [4.78, 5) is 0. The highest BCUT2D eigenvalue weighted by molar-refractivity contribution is 6.20. The van der Waals surface area contributed by atoms with E-state index in [1.165, 1.54) is 12.8 Å². The van der Waals surface area contributed by atoms with Crippen LogP contribution in [-0.4, -0.2) is 18.5 Å². The van der Waals surface area contributed by atoms with Gasteiger partial charge in [-0.2, -0.15) is 0 Å². The van der Waals surface area contributed by atoms with E-state index in [4.69, 9.17) is 11.6 Å². The van der Waals surface area contributed by atoms with Gasteiger partial charge in [0.25, 0.3) is 0 Å². The van der Waals surface area contributed by atoms with Crippen LogP contribution in [0.15, 0.2) is 0 Å². The zero-order valence-electron chi connectivity index (χ0n) is 4.99. The van der Waals surface area contributed by atoms with Crippen molar-refractivity contribution in [3.05, 3.63) is 0 Å². The molecule has 0 amide bonds. The van der Waals surface area contributed by atoms with E-state index in [9.17, 15) is 0 Å². The van der Waals surface area contributed by atoms with E-state index < -0.39 is 0 Å². The number of rotatable bonds is 0. The van der Waals surface area contributed by atoms with Crippen LogP contribution in [0.5, 0.6) is 0 Å². The van der Waals surface area contributed by atoms with Gasteiger partial charge in [-0.3, -0.25) is 0 Å². The number of hydrogen-bond donors (Lipinski definition) is 1. The second-order valence-corrected chi connectivity index (χ2v) is 2.90. The van der Waals surface area contributed by atoms with E-state index in [1.54, 1.807) is 0 Å². The molecule has 1 heterocycles. The van der Waals surface area contributed by atoms with Crippen LogP contribution in [0, 0.1) is 0 Å². The van der Waals surface area contributed by atoms with Crippen LogP contribution in [0.4, 0.5) is 0 Å². The van der Waals surface area contributed by atoms with Crippen LogP contribution in [-0.2, 0) is 0 Å². The molecule has 0 aromatic heterocycles. The number of halogens is 1. The SMILES string of the molecule is ClC1CCCNCC1. The quantitative estimate of drug-likeness (QED) is 0.493. The summed E-state index contributed by atoms with van der Waals surface area (Å²) in [6.45, 7) is 2.26. The molecule has 1 saturated heterocycles. The van der Waals surface area contributed by atoms with Crippen LogP contribution in [0.1, 0.15) is 19.3 Å². The highest BCUT2D eigenvalue weighted by Crippen LogP contribution is 2.10. The van der Waals surface area contributed by atoms with Gasteiger partial charge in [0.2, 0.25) is 0 Å². The average Bonchev–Trinajstić information content (AvgIpc) is 1.94. The van der Waals surface area contributed by atoms with E-state index in [0.717, 1.165) is 19.5 Å². The highest BCUT2D eigenvalue weighted by Gasteiger charge is 2.06. The second-order valence-electron chi connectivity index (χ2n) is 2.28. The van der Waals surface area contributed by atoms with E-state index >= 15 is 0 Å². The molecule has 0 aromatic carbocycles. The molecule has 1 fully saturated rings. The molecule has 1 nitrogen and oxygen atoms in total. The van der Waals surface area contributed by atoms with Crippen molar-refractivity contribution in [1.29, 1.82) is 0 Å². The first-order chi connectivity index (χ1) is 3.89. The Kier molecular flexibility index (Phi) is 2.64. The molecule has 0 radical (unpaired) electrons. The highest BCUT2D eigenvalue weighted by atomic mass is 35.5. The lowest BCUT2D eigenvalue weighted by molar-refractivity contribution is 0.703. The molecule has 1 atom stereocenters. The van der Waals surface area contributed by atoms with E-state index in [0.29, 0.717) is 5.38 Å². The van der Waals surface area contributed by atoms with Gasteiger partial charge in [-0.05, 0) is 32.4 Å². The second kappa shape index (κ2) is 3.31. The van der Waals surface area contributed by atoms with Crippen LogP contribution >= 0.6 is 11.6 Å². The third kappa shape index (κ3) is 2.01. The summed E-state index contributed by atoms with van der Waals surface area (Å²) in [6, 6.07) is 0. The van der Waals surface area contributed by atoms with Gasteiger partial charge < -0.3 is 5.32 Å². The fraction of sp³-hybridized carbons (Fsp3) is 1.00. The number of alkyl halides is 1. The Balaban J connectivity index is 2.17. The molecule has 2 heteroatoms. The molecular formula is C6H12ClN. The van der Waals surface area contributed by atoms with Crippen LogP contribution in [0.2, 0.25) is 0 Å². The van der Waals surface area contributed by atoms with Gasteiger partial charge in [0.1, 0.15) is 0 Å². The van der Waals surface area contributed by atoms with Gasteiger partial charge in [0.15, 0.2) is 0 Å². The monoisotopic (exact) mass is 133 g/mol. The molecule has 0 saturated carbocycles. The predicted octanol–water partition coefficient (Wildman–Crippen LogP) is 1.37. The molecule has 0 spiro atoms. The molecule has 48 valence electrons. The molecule has 1 unspecified atom stereocenters. The summed E-state index contributed by atoms with van der Waals surface area (Å²) in [6.07, 6.45) is 3.57. The maximum atomic E-state index is 5.88. The molecule has 0 bridgehead atoms. The molecule has 1 rings (SSSR count). The minimum Gasteiger partial charge on any atom is -0.317 e.